The van der Waals surface area contributed by atoms with Crippen molar-refractivity contribution >= 4 is 29.1 Å². The van der Waals surface area contributed by atoms with Crippen molar-refractivity contribution in [3.8, 4) is 6.07 Å². The summed E-state index contributed by atoms with van der Waals surface area (Å²) in [6, 6.07) is 8.23. The van der Waals surface area contributed by atoms with Gasteiger partial charge in [-0.1, -0.05) is 11.6 Å². The monoisotopic (exact) mass is 224 g/mol. The molecule has 0 amide bonds. The Balaban J connectivity index is 2.21. The third-order valence-electron chi connectivity index (χ3n) is 2.08. The second-order valence-electron chi connectivity index (χ2n) is 3.15. The Labute approximate surface area is 92.3 Å². The fourth-order valence-corrected chi connectivity index (χ4v) is 2.60. The van der Waals surface area contributed by atoms with Crippen LogP contribution in [0.2, 0.25) is 5.02 Å². The number of fused-ring (bicyclic) bond motifs is 1. The van der Waals surface area contributed by atoms with E-state index in [9.17, 15) is 0 Å². The minimum atomic E-state index is 0.246. The quantitative estimate of drug-likeness (QED) is 0.796. The van der Waals surface area contributed by atoms with Gasteiger partial charge in [0.1, 0.15) is 0 Å². The van der Waals surface area contributed by atoms with Gasteiger partial charge in [0.05, 0.1) is 12.5 Å². The second kappa shape index (κ2) is 4.12. The lowest BCUT2D eigenvalue weighted by molar-refractivity contribution is 0.820. The molecule has 1 N–H and O–H groups in total. The van der Waals surface area contributed by atoms with Gasteiger partial charge < -0.3 is 5.32 Å². The van der Waals surface area contributed by atoms with E-state index in [2.05, 4.69) is 11.4 Å². The van der Waals surface area contributed by atoms with Crippen LogP contribution < -0.4 is 5.32 Å². The van der Waals surface area contributed by atoms with Gasteiger partial charge in [0, 0.05) is 27.4 Å². The van der Waals surface area contributed by atoms with E-state index in [4.69, 9.17) is 16.9 Å². The number of nitrogens with zero attached hydrogens (tertiary/aromatic N) is 1. The van der Waals surface area contributed by atoms with E-state index >= 15 is 0 Å². The first-order valence-electron chi connectivity index (χ1n) is 4.35. The highest BCUT2D eigenvalue weighted by molar-refractivity contribution is 7.99. The van der Waals surface area contributed by atoms with Gasteiger partial charge in [-0.3, -0.25) is 0 Å². The Morgan fingerprint density at radius 1 is 1.64 bits per heavy atom. The zero-order valence-corrected chi connectivity index (χ0v) is 9.03. The van der Waals surface area contributed by atoms with Crippen molar-refractivity contribution < 1.29 is 0 Å². The Hall–Kier alpha value is -0.850. The molecule has 0 aliphatic carbocycles. The van der Waals surface area contributed by atoms with Gasteiger partial charge >= 0.3 is 0 Å². The molecule has 1 aliphatic heterocycles. The van der Waals surface area contributed by atoms with Gasteiger partial charge in [-0.05, 0) is 18.2 Å². The molecule has 0 saturated heterocycles. The van der Waals surface area contributed by atoms with Gasteiger partial charge in [-0.2, -0.15) is 5.26 Å². The molecular weight excluding hydrogens is 216 g/mol. The SMILES string of the molecule is N#CCC1CSc2ccc(Cl)cc2N1. The van der Waals surface area contributed by atoms with Gasteiger partial charge in [-0.15, -0.1) is 11.8 Å². The topological polar surface area (TPSA) is 35.8 Å². The molecule has 1 aliphatic rings. The van der Waals surface area contributed by atoms with Gasteiger partial charge in [0.25, 0.3) is 0 Å². The number of nitriles is 1. The van der Waals surface area contributed by atoms with Crippen LogP contribution in [0.3, 0.4) is 0 Å². The molecule has 0 bridgehead atoms. The molecule has 0 radical (unpaired) electrons. The number of rotatable bonds is 1. The van der Waals surface area contributed by atoms with Crippen LogP contribution in [0.25, 0.3) is 0 Å². The summed E-state index contributed by atoms with van der Waals surface area (Å²) in [6.07, 6.45) is 0.541. The predicted octanol–water partition coefficient (Wildman–Crippen LogP) is 3.14. The van der Waals surface area contributed by atoms with E-state index < -0.39 is 0 Å². The van der Waals surface area contributed by atoms with Crippen molar-refractivity contribution in [1.29, 1.82) is 5.26 Å². The van der Waals surface area contributed by atoms with Crippen LogP contribution in [0.15, 0.2) is 23.1 Å². The van der Waals surface area contributed by atoms with Gasteiger partial charge in [-0.25, -0.2) is 0 Å². The largest absolute Gasteiger partial charge is 0.379 e. The maximum Gasteiger partial charge on any atom is 0.0643 e. The van der Waals surface area contributed by atoms with Gasteiger partial charge in [0.2, 0.25) is 0 Å². The van der Waals surface area contributed by atoms with Crippen molar-refractivity contribution in [1.82, 2.24) is 0 Å². The molecule has 4 heteroatoms. The normalized spacial score (nSPS) is 19.3. The van der Waals surface area contributed by atoms with Crippen LogP contribution in [0, 0.1) is 11.3 Å². The first kappa shape index (κ1) is 9.70. The maximum absolute atomic E-state index is 8.60. The summed E-state index contributed by atoms with van der Waals surface area (Å²) in [4.78, 5) is 1.21. The third-order valence-corrected chi connectivity index (χ3v) is 3.55. The molecule has 0 fully saturated rings. The van der Waals surface area contributed by atoms with Crippen molar-refractivity contribution in [2.24, 2.45) is 0 Å². The summed E-state index contributed by atoms with van der Waals surface area (Å²) in [5.41, 5.74) is 1.05. The van der Waals surface area contributed by atoms with E-state index in [0.717, 1.165) is 16.5 Å². The average molecular weight is 225 g/mol. The molecule has 2 rings (SSSR count). The van der Waals surface area contributed by atoms with E-state index in [1.807, 2.05) is 18.2 Å². The number of hydrogen-bond acceptors (Lipinski definition) is 3. The van der Waals surface area contributed by atoms with Crippen LogP contribution >= 0.6 is 23.4 Å². The number of anilines is 1. The minimum absolute atomic E-state index is 0.246. The minimum Gasteiger partial charge on any atom is -0.379 e. The average Bonchev–Trinajstić information content (AvgIpc) is 2.17. The number of hydrogen-bond donors (Lipinski definition) is 1. The number of thioether (sulfide) groups is 1. The van der Waals surface area contributed by atoms with E-state index in [1.54, 1.807) is 11.8 Å². The molecule has 1 aromatic rings. The Kier molecular flexibility index (Phi) is 2.85. The standard InChI is InChI=1S/C10H9ClN2S/c11-7-1-2-10-9(5-7)13-8(3-4-12)6-14-10/h1-2,5,8,13H,3,6H2. The molecule has 1 aromatic carbocycles. The maximum atomic E-state index is 8.60. The lowest BCUT2D eigenvalue weighted by Gasteiger charge is -2.24. The predicted molar refractivity (Wildman–Crippen MR) is 59.8 cm³/mol. The summed E-state index contributed by atoms with van der Waals surface area (Å²) in [7, 11) is 0. The highest BCUT2D eigenvalue weighted by Gasteiger charge is 2.17. The van der Waals surface area contributed by atoms with E-state index in [1.165, 1.54) is 4.90 Å². The first-order chi connectivity index (χ1) is 6.79. The third kappa shape index (κ3) is 1.97. The molecule has 2 nitrogen and oxygen atoms in total. The Morgan fingerprint density at radius 2 is 2.50 bits per heavy atom. The molecule has 1 atom stereocenters. The Morgan fingerprint density at radius 3 is 3.29 bits per heavy atom. The van der Waals surface area contributed by atoms with Crippen LogP contribution in [0.4, 0.5) is 5.69 Å². The summed E-state index contributed by atoms with van der Waals surface area (Å²) in [5.74, 6) is 0.947. The molecule has 0 aromatic heterocycles. The van der Waals surface area contributed by atoms with Crippen molar-refractivity contribution in [3.63, 3.8) is 0 Å². The smallest absolute Gasteiger partial charge is 0.0643 e. The van der Waals surface area contributed by atoms with Crippen LogP contribution in [-0.2, 0) is 0 Å². The lowest BCUT2D eigenvalue weighted by Crippen LogP contribution is -2.25. The highest BCUT2D eigenvalue weighted by atomic mass is 35.5. The number of benzene rings is 1. The van der Waals surface area contributed by atoms with E-state index in [0.29, 0.717) is 6.42 Å². The first-order valence-corrected chi connectivity index (χ1v) is 5.72. The second-order valence-corrected chi connectivity index (χ2v) is 4.65. The lowest BCUT2D eigenvalue weighted by atomic mass is 10.2. The molecular formula is C10H9ClN2S. The Bertz CT molecular complexity index is 386. The molecule has 14 heavy (non-hydrogen) atoms. The summed E-state index contributed by atoms with van der Waals surface area (Å²) in [6.45, 7) is 0. The summed E-state index contributed by atoms with van der Waals surface area (Å²) >= 11 is 7.66. The van der Waals surface area contributed by atoms with Crippen molar-refractivity contribution in [3.05, 3.63) is 23.2 Å². The summed E-state index contributed by atoms with van der Waals surface area (Å²) in [5, 5.41) is 12.6. The fourth-order valence-electron chi connectivity index (χ4n) is 1.41. The van der Waals surface area contributed by atoms with Crippen LogP contribution in [0.1, 0.15) is 6.42 Å². The molecule has 1 heterocycles. The fraction of sp³-hybridized carbons (Fsp3) is 0.300. The molecule has 72 valence electrons. The number of nitrogens with one attached hydrogen (secondary N) is 1. The molecule has 0 spiro atoms. The highest BCUT2D eigenvalue weighted by Crippen LogP contribution is 2.35. The van der Waals surface area contributed by atoms with Gasteiger partial charge in [0.15, 0.2) is 0 Å². The zero-order chi connectivity index (χ0) is 9.97. The summed E-state index contributed by atoms with van der Waals surface area (Å²) < 4.78 is 0. The van der Waals surface area contributed by atoms with Crippen molar-refractivity contribution in [2.75, 3.05) is 11.1 Å². The zero-order valence-electron chi connectivity index (χ0n) is 7.46. The van der Waals surface area contributed by atoms with E-state index in [-0.39, 0.29) is 6.04 Å². The van der Waals surface area contributed by atoms with Crippen LogP contribution in [-0.4, -0.2) is 11.8 Å². The molecule has 1 unspecified atom stereocenters. The van der Waals surface area contributed by atoms with Crippen molar-refractivity contribution in [2.45, 2.75) is 17.4 Å². The van der Waals surface area contributed by atoms with Crippen LogP contribution in [0.5, 0.6) is 0 Å². The number of halogens is 1. The molecule has 0 saturated carbocycles.